The third-order valence-electron chi connectivity index (χ3n) is 7.55. The summed E-state index contributed by atoms with van der Waals surface area (Å²) in [6.45, 7) is 2.13. The van der Waals surface area contributed by atoms with E-state index in [1.54, 1.807) is 0 Å². The Labute approximate surface area is 196 Å². The molecule has 1 nitrogen and oxygen atoms in total. The van der Waals surface area contributed by atoms with E-state index in [0.29, 0.717) is 5.92 Å². The fraction of sp³-hybridized carbons (Fsp3) is 0.188. The van der Waals surface area contributed by atoms with E-state index in [1.165, 1.54) is 45.5 Å². The summed E-state index contributed by atoms with van der Waals surface area (Å²) >= 11 is 0. The molecule has 0 radical (unpaired) electrons. The molecule has 0 fully saturated rings. The van der Waals surface area contributed by atoms with Gasteiger partial charge in [-0.3, -0.25) is 0 Å². The van der Waals surface area contributed by atoms with Crippen molar-refractivity contribution in [2.75, 3.05) is 5.32 Å². The standard InChI is InChI=1S/C32H29N/c1-23-19-21-26(22-20-23)33-30-18-10-17-29-31(30)27-15-8-9-16-28(27)32(29,24-11-4-2-5-12-24)25-13-6-3-7-14-25/h2-6,8-12,15-22,25,33H,7,13-14H2,1H3. The highest BCUT2D eigenvalue weighted by Gasteiger charge is 2.50. The van der Waals surface area contributed by atoms with Crippen molar-refractivity contribution in [3.63, 3.8) is 0 Å². The maximum Gasteiger partial charge on any atom is 0.0495 e. The predicted molar refractivity (Wildman–Crippen MR) is 139 cm³/mol. The number of benzene rings is 4. The molecular formula is C32H29N. The van der Waals surface area contributed by atoms with Gasteiger partial charge in [-0.15, -0.1) is 0 Å². The lowest BCUT2D eigenvalue weighted by Gasteiger charge is -2.41. The minimum atomic E-state index is -0.136. The molecule has 33 heavy (non-hydrogen) atoms. The van der Waals surface area contributed by atoms with Crippen LogP contribution >= 0.6 is 0 Å². The van der Waals surface area contributed by atoms with Gasteiger partial charge in [0.25, 0.3) is 0 Å². The largest absolute Gasteiger partial charge is 0.355 e. The van der Waals surface area contributed by atoms with E-state index in [0.717, 1.165) is 18.5 Å². The molecule has 4 aromatic rings. The summed E-state index contributed by atoms with van der Waals surface area (Å²) in [6, 6.07) is 35.8. The van der Waals surface area contributed by atoms with Crippen molar-refractivity contribution in [1.82, 2.24) is 0 Å². The van der Waals surface area contributed by atoms with Gasteiger partial charge in [-0.05, 0) is 72.6 Å². The molecule has 6 rings (SSSR count). The highest BCUT2D eigenvalue weighted by atomic mass is 14.9. The lowest BCUT2D eigenvalue weighted by Crippen LogP contribution is -2.36. The molecule has 2 aliphatic rings. The van der Waals surface area contributed by atoms with E-state index in [2.05, 4.69) is 121 Å². The lowest BCUT2D eigenvalue weighted by atomic mass is 9.61. The van der Waals surface area contributed by atoms with E-state index < -0.39 is 0 Å². The molecule has 162 valence electrons. The SMILES string of the molecule is Cc1ccc(Nc2cccc3c2-c2ccccc2C3(c2ccccc2)C2CC=CCC2)cc1. The second-order valence-electron chi connectivity index (χ2n) is 9.42. The molecule has 0 bridgehead atoms. The number of fused-ring (bicyclic) bond motifs is 3. The van der Waals surface area contributed by atoms with Crippen LogP contribution in [0, 0.1) is 12.8 Å². The summed E-state index contributed by atoms with van der Waals surface area (Å²) < 4.78 is 0. The summed E-state index contributed by atoms with van der Waals surface area (Å²) in [5.74, 6) is 0.530. The maximum atomic E-state index is 3.75. The molecule has 0 amide bonds. The van der Waals surface area contributed by atoms with Gasteiger partial charge < -0.3 is 5.32 Å². The van der Waals surface area contributed by atoms with E-state index in [1.807, 2.05) is 0 Å². The monoisotopic (exact) mass is 427 g/mol. The number of nitrogens with one attached hydrogen (secondary N) is 1. The molecule has 0 aliphatic heterocycles. The molecule has 4 aromatic carbocycles. The van der Waals surface area contributed by atoms with Crippen LogP contribution in [0.2, 0.25) is 0 Å². The van der Waals surface area contributed by atoms with Crippen LogP contribution in [-0.4, -0.2) is 0 Å². The Hall–Kier alpha value is -3.58. The second-order valence-corrected chi connectivity index (χ2v) is 9.42. The van der Waals surface area contributed by atoms with Gasteiger partial charge >= 0.3 is 0 Å². The number of allylic oxidation sites excluding steroid dienone is 2. The highest BCUT2D eigenvalue weighted by molar-refractivity contribution is 5.93. The molecule has 0 saturated carbocycles. The summed E-state index contributed by atoms with van der Waals surface area (Å²) in [7, 11) is 0. The Morgan fingerprint density at radius 3 is 2.27 bits per heavy atom. The van der Waals surface area contributed by atoms with Crippen LogP contribution in [0.1, 0.15) is 41.5 Å². The molecule has 0 spiro atoms. The van der Waals surface area contributed by atoms with E-state index >= 15 is 0 Å². The first-order valence-electron chi connectivity index (χ1n) is 12.1. The molecular weight excluding hydrogens is 398 g/mol. The number of aryl methyl sites for hydroxylation is 1. The number of anilines is 2. The Morgan fingerprint density at radius 2 is 1.48 bits per heavy atom. The summed E-state index contributed by atoms with van der Waals surface area (Å²) in [5.41, 5.74) is 10.5. The van der Waals surface area contributed by atoms with Crippen molar-refractivity contribution in [3.05, 3.63) is 131 Å². The smallest absolute Gasteiger partial charge is 0.0495 e. The van der Waals surface area contributed by atoms with Crippen molar-refractivity contribution in [3.8, 4) is 11.1 Å². The lowest BCUT2D eigenvalue weighted by molar-refractivity contribution is 0.349. The maximum absolute atomic E-state index is 3.75. The van der Waals surface area contributed by atoms with Crippen molar-refractivity contribution >= 4 is 11.4 Å². The van der Waals surface area contributed by atoms with Gasteiger partial charge in [0.1, 0.15) is 0 Å². The van der Waals surface area contributed by atoms with Crippen molar-refractivity contribution in [1.29, 1.82) is 0 Å². The zero-order chi connectivity index (χ0) is 22.3. The van der Waals surface area contributed by atoms with Gasteiger partial charge in [0, 0.05) is 22.4 Å². The molecule has 1 N–H and O–H groups in total. The average Bonchev–Trinajstić information content (AvgIpc) is 3.19. The minimum Gasteiger partial charge on any atom is -0.355 e. The van der Waals surface area contributed by atoms with Gasteiger partial charge in [-0.25, -0.2) is 0 Å². The van der Waals surface area contributed by atoms with Gasteiger partial charge in [-0.2, -0.15) is 0 Å². The molecule has 1 heteroatoms. The Morgan fingerprint density at radius 1 is 0.727 bits per heavy atom. The number of hydrogen-bond acceptors (Lipinski definition) is 1. The van der Waals surface area contributed by atoms with Crippen molar-refractivity contribution in [2.24, 2.45) is 5.92 Å². The first-order chi connectivity index (χ1) is 16.3. The quantitative estimate of drug-likeness (QED) is 0.322. The first-order valence-corrected chi connectivity index (χ1v) is 12.1. The van der Waals surface area contributed by atoms with Gasteiger partial charge in [-0.1, -0.05) is 96.6 Å². The number of hydrogen-bond donors (Lipinski definition) is 1. The zero-order valence-corrected chi connectivity index (χ0v) is 19.1. The van der Waals surface area contributed by atoms with Crippen LogP contribution in [0.25, 0.3) is 11.1 Å². The minimum absolute atomic E-state index is 0.136. The van der Waals surface area contributed by atoms with Crippen LogP contribution in [0.3, 0.4) is 0 Å². The number of rotatable bonds is 4. The molecule has 0 heterocycles. The molecule has 2 aliphatic carbocycles. The molecule has 2 atom stereocenters. The summed E-state index contributed by atoms with van der Waals surface area (Å²) in [6.07, 6.45) is 8.21. The summed E-state index contributed by atoms with van der Waals surface area (Å²) in [4.78, 5) is 0. The molecule has 0 saturated heterocycles. The van der Waals surface area contributed by atoms with Crippen LogP contribution in [-0.2, 0) is 5.41 Å². The Balaban J connectivity index is 1.62. The first kappa shape index (κ1) is 20.1. The Bertz CT molecular complexity index is 1320. The van der Waals surface area contributed by atoms with Gasteiger partial charge in [0.15, 0.2) is 0 Å². The van der Waals surface area contributed by atoms with Crippen LogP contribution < -0.4 is 5.32 Å². The van der Waals surface area contributed by atoms with E-state index in [4.69, 9.17) is 0 Å². The predicted octanol–water partition coefficient (Wildman–Crippen LogP) is 8.41. The second kappa shape index (κ2) is 8.08. The third-order valence-corrected chi connectivity index (χ3v) is 7.55. The molecule has 0 aromatic heterocycles. The molecule has 2 unspecified atom stereocenters. The fourth-order valence-electron chi connectivity index (χ4n) is 6.13. The van der Waals surface area contributed by atoms with Gasteiger partial charge in [0.05, 0.1) is 0 Å². The van der Waals surface area contributed by atoms with Crippen molar-refractivity contribution in [2.45, 2.75) is 31.6 Å². The van der Waals surface area contributed by atoms with Crippen LogP contribution in [0.5, 0.6) is 0 Å². The zero-order valence-electron chi connectivity index (χ0n) is 19.1. The van der Waals surface area contributed by atoms with Gasteiger partial charge in [0.2, 0.25) is 0 Å². The summed E-state index contributed by atoms with van der Waals surface area (Å²) in [5, 5.41) is 3.75. The third kappa shape index (κ3) is 3.15. The average molecular weight is 428 g/mol. The highest BCUT2D eigenvalue weighted by Crippen LogP contribution is 2.60. The van der Waals surface area contributed by atoms with Crippen LogP contribution in [0.15, 0.2) is 109 Å². The van der Waals surface area contributed by atoms with Crippen LogP contribution in [0.4, 0.5) is 11.4 Å². The fourth-order valence-corrected chi connectivity index (χ4v) is 6.13. The Kier molecular flexibility index (Phi) is 4.91. The van der Waals surface area contributed by atoms with E-state index in [9.17, 15) is 0 Å². The topological polar surface area (TPSA) is 12.0 Å². The van der Waals surface area contributed by atoms with E-state index in [-0.39, 0.29) is 5.41 Å². The normalized spacial score (nSPS) is 20.8. The van der Waals surface area contributed by atoms with Crippen molar-refractivity contribution < 1.29 is 0 Å².